The van der Waals surface area contributed by atoms with E-state index in [0.29, 0.717) is 6.42 Å². The minimum absolute atomic E-state index is 0.0393. The molecule has 1 saturated carbocycles. The third kappa shape index (κ3) is 2.61. The van der Waals surface area contributed by atoms with E-state index in [1.165, 1.54) is 0 Å². The minimum Gasteiger partial charge on any atom is -0.479 e. The van der Waals surface area contributed by atoms with Gasteiger partial charge in [-0.05, 0) is 33.1 Å². The maximum absolute atomic E-state index is 11.4. The molecule has 0 bridgehead atoms. The van der Waals surface area contributed by atoms with Gasteiger partial charge >= 0.3 is 12.1 Å². The summed E-state index contributed by atoms with van der Waals surface area (Å²) >= 11 is 0. The van der Waals surface area contributed by atoms with E-state index in [0.717, 1.165) is 0 Å². The lowest BCUT2D eigenvalue weighted by atomic mass is 10.2. The molecule has 0 aromatic heterocycles. The monoisotopic (exact) mass is 215 g/mol. The topological polar surface area (TPSA) is 75.6 Å². The maximum atomic E-state index is 11.4. The van der Waals surface area contributed by atoms with Crippen molar-refractivity contribution in [2.75, 3.05) is 0 Å². The Hall–Kier alpha value is -1.26. The number of carbonyl (C=O) groups excluding carboxylic acids is 1. The number of carboxylic acid groups (broad SMARTS) is 1. The van der Waals surface area contributed by atoms with Gasteiger partial charge in [0, 0.05) is 0 Å². The van der Waals surface area contributed by atoms with E-state index in [1.54, 1.807) is 27.7 Å². The molecule has 2 atom stereocenters. The van der Waals surface area contributed by atoms with E-state index in [1.807, 2.05) is 0 Å². The van der Waals surface area contributed by atoms with Crippen LogP contribution in [0.25, 0.3) is 0 Å². The van der Waals surface area contributed by atoms with E-state index in [9.17, 15) is 9.59 Å². The molecule has 0 heterocycles. The highest BCUT2D eigenvalue weighted by Crippen LogP contribution is 2.43. The van der Waals surface area contributed by atoms with Crippen molar-refractivity contribution in [2.24, 2.45) is 5.92 Å². The van der Waals surface area contributed by atoms with Crippen LogP contribution in [0, 0.1) is 5.92 Å². The number of hydrogen-bond acceptors (Lipinski definition) is 3. The molecule has 1 aliphatic carbocycles. The lowest BCUT2D eigenvalue weighted by Crippen LogP contribution is -2.46. The third-order valence-electron chi connectivity index (χ3n) is 2.41. The average Bonchev–Trinajstić information content (AvgIpc) is 2.57. The Labute approximate surface area is 88.8 Å². The van der Waals surface area contributed by atoms with Gasteiger partial charge in [-0.25, -0.2) is 9.59 Å². The summed E-state index contributed by atoms with van der Waals surface area (Å²) in [4.78, 5) is 22.3. The summed E-state index contributed by atoms with van der Waals surface area (Å²) in [5, 5.41) is 11.4. The first-order valence-electron chi connectivity index (χ1n) is 4.92. The van der Waals surface area contributed by atoms with E-state index in [4.69, 9.17) is 9.84 Å². The van der Waals surface area contributed by atoms with Crippen LogP contribution in [0.15, 0.2) is 0 Å². The van der Waals surface area contributed by atoms with E-state index < -0.39 is 23.2 Å². The second kappa shape index (κ2) is 3.40. The van der Waals surface area contributed by atoms with Crippen LogP contribution in [0.2, 0.25) is 0 Å². The molecule has 1 aliphatic rings. The zero-order valence-electron chi connectivity index (χ0n) is 9.46. The van der Waals surface area contributed by atoms with Gasteiger partial charge in [0.05, 0.1) is 0 Å². The number of alkyl carbamates (subject to hydrolysis) is 1. The van der Waals surface area contributed by atoms with E-state index >= 15 is 0 Å². The van der Waals surface area contributed by atoms with Crippen LogP contribution >= 0.6 is 0 Å². The standard InChI is InChI=1S/C10H17NO4/c1-6-5-10(6,7(12)13)11-8(14)15-9(2,3)4/h6H,5H2,1-4H3,(H,11,14)(H,12,13)/t6-,10?/m1/s1. The molecule has 0 radical (unpaired) electrons. The van der Waals surface area contributed by atoms with Gasteiger partial charge in [0.2, 0.25) is 0 Å². The molecule has 1 fully saturated rings. The molecule has 0 aromatic carbocycles. The predicted molar refractivity (Wildman–Crippen MR) is 53.5 cm³/mol. The summed E-state index contributed by atoms with van der Waals surface area (Å²) in [5.41, 5.74) is -1.72. The highest BCUT2D eigenvalue weighted by atomic mass is 16.6. The number of hydrogen-bond donors (Lipinski definition) is 2. The SMILES string of the molecule is C[C@@H]1CC1(NC(=O)OC(C)(C)C)C(=O)O. The van der Waals surface area contributed by atoms with Crippen LogP contribution in [0.5, 0.6) is 0 Å². The zero-order valence-corrected chi connectivity index (χ0v) is 9.46. The first-order valence-corrected chi connectivity index (χ1v) is 4.92. The zero-order chi connectivity index (χ0) is 11.9. The summed E-state index contributed by atoms with van der Waals surface area (Å²) in [6.45, 7) is 6.98. The summed E-state index contributed by atoms with van der Waals surface area (Å²) in [6.07, 6.45) is -0.212. The van der Waals surface area contributed by atoms with Crippen LogP contribution in [-0.4, -0.2) is 28.3 Å². The fourth-order valence-electron chi connectivity index (χ4n) is 1.44. The van der Waals surface area contributed by atoms with Gasteiger partial charge in [0.1, 0.15) is 11.1 Å². The quantitative estimate of drug-likeness (QED) is 0.729. The molecule has 86 valence electrons. The number of aliphatic carboxylic acids is 1. The van der Waals surface area contributed by atoms with E-state index in [-0.39, 0.29) is 5.92 Å². The van der Waals surface area contributed by atoms with Crippen molar-refractivity contribution in [3.63, 3.8) is 0 Å². The van der Waals surface area contributed by atoms with Gasteiger partial charge in [0.15, 0.2) is 0 Å². The normalized spacial score (nSPS) is 29.5. The molecule has 5 nitrogen and oxygen atoms in total. The highest BCUT2D eigenvalue weighted by molar-refractivity contribution is 5.88. The molecule has 1 amide bonds. The van der Waals surface area contributed by atoms with Gasteiger partial charge in [-0.2, -0.15) is 0 Å². The first kappa shape index (κ1) is 11.8. The molecule has 0 saturated heterocycles. The van der Waals surface area contributed by atoms with Crippen molar-refractivity contribution in [1.82, 2.24) is 5.32 Å². The fraction of sp³-hybridized carbons (Fsp3) is 0.800. The maximum Gasteiger partial charge on any atom is 0.408 e. The van der Waals surface area contributed by atoms with Gasteiger partial charge in [-0.1, -0.05) is 6.92 Å². The number of carboxylic acids is 1. The van der Waals surface area contributed by atoms with Gasteiger partial charge in [-0.3, -0.25) is 0 Å². The first-order chi connectivity index (χ1) is 6.67. The Kier molecular flexibility index (Phi) is 2.67. The highest BCUT2D eigenvalue weighted by Gasteiger charge is 2.59. The number of ether oxygens (including phenoxy) is 1. The molecule has 15 heavy (non-hydrogen) atoms. The average molecular weight is 215 g/mol. The second-order valence-electron chi connectivity index (χ2n) is 5.01. The van der Waals surface area contributed by atoms with Gasteiger partial charge in [0.25, 0.3) is 0 Å². The molecule has 1 rings (SSSR count). The second-order valence-corrected chi connectivity index (χ2v) is 5.01. The number of nitrogens with one attached hydrogen (secondary N) is 1. The molecule has 5 heteroatoms. The van der Waals surface area contributed by atoms with Crippen molar-refractivity contribution in [3.8, 4) is 0 Å². The van der Waals surface area contributed by atoms with Crippen molar-refractivity contribution < 1.29 is 19.4 Å². The molecule has 0 aliphatic heterocycles. The van der Waals surface area contributed by atoms with Crippen LogP contribution < -0.4 is 5.32 Å². The van der Waals surface area contributed by atoms with Crippen LogP contribution in [-0.2, 0) is 9.53 Å². The van der Waals surface area contributed by atoms with Gasteiger partial charge < -0.3 is 15.2 Å². The van der Waals surface area contributed by atoms with Crippen molar-refractivity contribution >= 4 is 12.1 Å². The van der Waals surface area contributed by atoms with E-state index in [2.05, 4.69) is 5.32 Å². The van der Waals surface area contributed by atoms with Crippen LogP contribution in [0.4, 0.5) is 4.79 Å². The lowest BCUT2D eigenvalue weighted by Gasteiger charge is -2.22. The largest absolute Gasteiger partial charge is 0.479 e. The van der Waals surface area contributed by atoms with Crippen molar-refractivity contribution in [1.29, 1.82) is 0 Å². The van der Waals surface area contributed by atoms with Crippen LogP contribution in [0.3, 0.4) is 0 Å². The molecule has 0 aromatic rings. The molecule has 2 N–H and O–H groups in total. The lowest BCUT2D eigenvalue weighted by molar-refractivity contribution is -0.141. The Morgan fingerprint density at radius 2 is 1.93 bits per heavy atom. The summed E-state index contributed by atoms with van der Waals surface area (Å²) in [6, 6.07) is 0. The number of amides is 1. The Balaban J connectivity index is 2.56. The number of rotatable bonds is 2. The Bertz CT molecular complexity index is 294. The number of carbonyl (C=O) groups is 2. The van der Waals surface area contributed by atoms with Crippen molar-refractivity contribution in [3.05, 3.63) is 0 Å². The summed E-state index contributed by atoms with van der Waals surface area (Å²) in [7, 11) is 0. The fourth-order valence-corrected chi connectivity index (χ4v) is 1.44. The summed E-state index contributed by atoms with van der Waals surface area (Å²) < 4.78 is 5.00. The van der Waals surface area contributed by atoms with Crippen molar-refractivity contribution in [2.45, 2.75) is 45.3 Å². The summed E-state index contributed by atoms with van der Waals surface area (Å²) in [5.74, 6) is -1.04. The Morgan fingerprint density at radius 1 is 1.47 bits per heavy atom. The molecule has 1 unspecified atom stereocenters. The smallest absolute Gasteiger partial charge is 0.408 e. The molecular formula is C10H17NO4. The Morgan fingerprint density at radius 3 is 2.20 bits per heavy atom. The third-order valence-corrected chi connectivity index (χ3v) is 2.41. The molecule has 0 spiro atoms. The van der Waals surface area contributed by atoms with Crippen LogP contribution in [0.1, 0.15) is 34.1 Å². The minimum atomic E-state index is -1.11. The predicted octanol–water partition coefficient (Wildman–Crippen LogP) is 1.37. The van der Waals surface area contributed by atoms with Gasteiger partial charge in [-0.15, -0.1) is 0 Å². The molecular weight excluding hydrogens is 198 g/mol.